The third-order valence-electron chi connectivity index (χ3n) is 3.68. The van der Waals surface area contributed by atoms with Gasteiger partial charge in [0.1, 0.15) is 0 Å². The summed E-state index contributed by atoms with van der Waals surface area (Å²) in [4.78, 5) is 12.3. The molecule has 0 bridgehead atoms. The van der Waals surface area contributed by atoms with Crippen LogP contribution in [0.5, 0.6) is 0 Å². The number of halogens is 1. The van der Waals surface area contributed by atoms with Gasteiger partial charge in [0.25, 0.3) is 5.91 Å². The largest absolute Gasteiger partial charge is 0.394 e. The van der Waals surface area contributed by atoms with Crippen molar-refractivity contribution in [2.45, 2.75) is 38.1 Å². The average Bonchev–Trinajstić information content (AvgIpc) is 2.81. The van der Waals surface area contributed by atoms with Crippen molar-refractivity contribution in [2.24, 2.45) is 0 Å². The molecule has 18 heavy (non-hydrogen) atoms. The number of carbonyl (C=O) groups is 1. The van der Waals surface area contributed by atoms with E-state index < -0.39 is 5.54 Å². The number of benzene rings is 1. The molecule has 1 aromatic carbocycles. The van der Waals surface area contributed by atoms with E-state index in [0.29, 0.717) is 5.56 Å². The third-order valence-corrected chi connectivity index (χ3v) is 5.11. The van der Waals surface area contributed by atoms with E-state index in [2.05, 4.69) is 27.9 Å². The van der Waals surface area contributed by atoms with Crippen LogP contribution in [-0.4, -0.2) is 23.2 Å². The van der Waals surface area contributed by atoms with Crippen molar-refractivity contribution in [2.75, 3.05) is 6.61 Å². The van der Waals surface area contributed by atoms with E-state index in [1.54, 1.807) is 0 Å². The number of hydrogen-bond acceptors (Lipinski definition) is 2. The van der Waals surface area contributed by atoms with Gasteiger partial charge in [-0.3, -0.25) is 4.79 Å². The smallest absolute Gasteiger partial charge is 0.252 e. The molecule has 0 saturated heterocycles. The quantitative estimate of drug-likeness (QED) is 0.816. The molecule has 98 valence electrons. The first-order valence-corrected chi connectivity index (χ1v) is 7.34. The molecular formula is C14H18INO2. The highest BCUT2D eigenvalue weighted by Crippen LogP contribution is 2.29. The number of amides is 1. The van der Waals surface area contributed by atoms with E-state index in [9.17, 15) is 9.90 Å². The summed E-state index contributed by atoms with van der Waals surface area (Å²) >= 11 is 2.20. The van der Waals surface area contributed by atoms with Crippen molar-refractivity contribution in [3.05, 3.63) is 32.9 Å². The van der Waals surface area contributed by atoms with Crippen LogP contribution < -0.4 is 5.32 Å². The van der Waals surface area contributed by atoms with Gasteiger partial charge in [0.2, 0.25) is 0 Å². The topological polar surface area (TPSA) is 49.3 Å². The van der Waals surface area contributed by atoms with Gasteiger partial charge >= 0.3 is 0 Å². The number of rotatable bonds is 3. The fourth-order valence-electron chi connectivity index (χ4n) is 2.51. The van der Waals surface area contributed by atoms with E-state index in [4.69, 9.17) is 0 Å². The second-order valence-corrected chi connectivity index (χ2v) is 6.11. The highest BCUT2D eigenvalue weighted by molar-refractivity contribution is 14.1. The van der Waals surface area contributed by atoms with Crippen molar-refractivity contribution in [3.8, 4) is 0 Å². The zero-order chi connectivity index (χ0) is 13.2. The Labute approximate surface area is 121 Å². The van der Waals surface area contributed by atoms with Crippen LogP contribution in [0.15, 0.2) is 18.2 Å². The maximum atomic E-state index is 12.3. The van der Waals surface area contributed by atoms with E-state index in [1.807, 2.05) is 25.1 Å². The fourth-order valence-corrected chi connectivity index (χ4v) is 3.11. The van der Waals surface area contributed by atoms with Crippen molar-refractivity contribution < 1.29 is 9.90 Å². The first-order valence-electron chi connectivity index (χ1n) is 6.26. The van der Waals surface area contributed by atoms with E-state index in [1.165, 1.54) is 0 Å². The van der Waals surface area contributed by atoms with Gasteiger partial charge in [0.15, 0.2) is 0 Å². The maximum absolute atomic E-state index is 12.3. The second-order valence-electron chi connectivity index (χ2n) is 5.04. The Morgan fingerprint density at radius 1 is 1.44 bits per heavy atom. The standard InChI is InChI=1S/C14H18INO2/c1-10-5-4-6-11(12(10)15)13(18)16-14(9-17)7-2-3-8-14/h4-6,17H,2-3,7-9H2,1H3,(H,16,18). The van der Waals surface area contributed by atoms with Crippen LogP contribution in [0.1, 0.15) is 41.6 Å². The lowest BCUT2D eigenvalue weighted by molar-refractivity contribution is 0.0837. The molecule has 1 amide bonds. The van der Waals surface area contributed by atoms with Gasteiger partial charge in [-0.25, -0.2) is 0 Å². The Bertz CT molecular complexity index is 453. The normalized spacial score (nSPS) is 17.7. The third kappa shape index (κ3) is 2.69. The van der Waals surface area contributed by atoms with Crippen molar-refractivity contribution in [1.29, 1.82) is 0 Å². The molecule has 1 aliphatic rings. The first kappa shape index (κ1) is 13.8. The Hall–Kier alpha value is -0.620. The molecular weight excluding hydrogens is 341 g/mol. The molecule has 1 aromatic rings. The molecule has 1 saturated carbocycles. The van der Waals surface area contributed by atoms with E-state index >= 15 is 0 Å². The van der Waals surface area contributed by atoms with Gasteiger partial charge in [-0.05, 0) is 54.0 Å². The van der Waals surface area contributed by atoms with E-state index in [0.717, 1.165) is 34.8 Å². The summed E-state index contributed by atoms with van der Waals surface area (Å²) in [5, 5.41) is 12.6. The van der Waals surface area contributed by atoms with Gasteiger partial charge in [-0.15, -0.1) is 0 Å². The molecule has 1 aliphatic carbocycles. The molecule has 1 fully saturated rings. The predicted molar refractivity (Wildman–Crippen MR) is 79.6 cm³/mol. The molecule has 0 radical (unpaired) electrons. The Morgan fingerprint density at radius 2 is 2.11 bits per heavy atom. The minimum Gasteiger partial charge on any atom is -0.394 e. The van der Waals surface area contributed by atoms with Crippen LogP contribution in [0.3, 0.4) is 0 Å². The number of carbonyl (C=O) groups excluding carboxylic acids is 1. The molecule has 4 heteroatoms. The molecule has 2 N–H and O–H groups in total. The fraction of sp³-hybridized carbons (Fsp3) is 0.500. The predicted octanol–water partition coefficient (Wildman–Crippen LogP) is 2.63. The highest BCUT2D eigenvalue weighted by atomic mass is 127. The number of aryl methyl sites for hydroxylation is 1. The summed E-state index contributed by atoms with van der Waals surface area (Å²) in [5.74, 6) is -0.0703. The van der Waals surface area contributed by atoms with Crippen LogP contribution in [0, 0.1) is 10.5 Å². The lowest BCUT2D eigenvalue weighted by Gasteiger charge is -2.28. The SMILES string of the molecule is Cc1cccc(C(=O)NC2(CO)CCCC2)c1I. The molecule has 0 aliphatic heterocycles. The van der Waals surface area contributed by atoms with E-state index in [-0.39, 0.29) is 12.5 Å². The molecule has 0 atom stereocenters. The lowest BCUT2D eigenvalue weighted by atomic mass is 9.98. The molecule has 0 spiro atoms. The molecule has 3 nitrogen and oxygen atoms in total. The Balaban J connectivity index is 2.19. The summed E-state index contributed by atoms with van der Waals surface area (Å²) in [6, 6.07) is 5.73. The molecule has 0 aromatic heterocycles. The minimum atomic E-state index is -0.399. The number of aliphatic hydroxyl groups excluding tert-OH is 1. The van der Waals surface area contributed by atoms with Gasteiger partial charge in [0.05, 0.1) is 17.7 Å². The number of nitrogens with one attached hydrogen (secondary N) is 1. The van der Waals surface area contributed by atoms with Gasteiger partial charge in [-0.1, -0.05) is 25.0 Å². The van der Waals surface area contributed by atoms with Crippen molar-refractivity contribution in [3.63, 3.8) is 0 Å². The monoisotopic (exact) mass is 359 g/mol. The van der Waals surface area contributed by atoms with Gasteiger partial charge in [-0.2, -0.15) is 0 Å². The Morgan fingerprint density at radius 3 is 2.72 bits per heavy atom. The molecule has 0 heterocycles. The summed E-state index contributed by atoms with van der Waals surface area (Å²) in [6.45, 7) is 2.02. The van der Waals surface area contributed by atoms with Gasteiger partial charge in [0, 0.05) is 3.57 Å². The number of hydrogen-bond donors (Lipinski definition) is 2. The number of aliphatic hydroxyl groups is 1. The second kappa shape index (κ2) is 5.57. The van der Waals surface area contributed by atoms with Crippen LogP contribution in [0.2, 0.25) is 0 Å². The summed E-state index contributed by atoms with van der Waals surface area (Å²) in [7, 11) is 0. The van der Waals surface area contributed by atoms with Gasteiger partial charge < -0.3 is 10.4 Å². The Kier molecular flexibility index (Phi) is 4.27. The minimum absolute atomic E-state index is 0.0289. The maximum Gasteiger partial charge on any atom is 0.252 e. The molecule has 2 rings (SSSR count). The van der Waals surface area contributed by atoms with Crippen molar-refractivity contribution >= 4 is 28.5 Å². The zero-order valence-electron chi connectivity index (χ0n) is 10.5. The van der Waals surface area contributed by atoms with Crippen LogP contribution in [-0.2, 0) is 0 Å². The van der Waals surface area contributed by atoms with Crippen LogP contribution in [0.4, 0.5) is 0 Å². The average molecular weight is 359 g/mol. The molecule has 0 unspecified atom stereocenters. The summed E-state index contributed by atoms with van der Waals surface area (Å²) in [5.41, 5.74) is 1.41. The first-order chi connectivity index (χ1) is 8.58. The highest BCUT2D eigenvalue weighted by Gasteiger charge is 2.35. The zero-order valence-corrected chi connectivity index (χ0v) is 12.7. The van der Waals surface area contributed by atoms with Crippen LogP contribution in [0.25, 0.3) is 0 Å². The van der Waals surface area contributed by atoms with Crippen LogP contribution >= 0.6 is 22.6 Å². The summed E-state index contributed by atoms with van der Waals surface area (Å²) < 4.78 is 0.985. The van der Waals surface area contributed by atoms with Crippen molar-refractivity contribution in [1.82, 2.24) is 5.32 Å². The lowest BCUT2D eigenvalue weighted by Crippen LogP contribution is -2.49. The summed E-state index contributed by atoms with van der Waals surface area (Å²) in [6.07, 6.45) is 3.90.